The Labute approximate surface area is 84.7 Å². The zero-order valence-corrected chi connectivity index (χ0v) is 8.95. The Morgan fingerprint density at radius 1 is 1.69 bits per heavy atom. The third kappa shape index (κ3) is 2.93. The van der Waals surface area contributed by atoms with Crippen molar-refractivity contribution < 1.29 is 14.6 Å². The molecule has 0 aliphatic rings. The van der Waals surface area contributed by atoms with Crippen molar-refractivity contribution in [3.63, 3.8) is 0 Å². The SMILES string of the molecule is COc1ccc(SC(C)C(=O)O)s1. The number of carboxylic acid groups (broad SMARTS) is 1. The number of ether oxygens (including phenoxy) is 1. The molecule has 0 aromatic carbocycles. The van der Waals surface area contributed by atoms with E-state index in [0.29, 0.717) is 0 Å². The van der Waals surface area contributed by atoms with Crippen molar-refractivity contribution >= 4 is 29.1 Å². The number of carboxylic acids is 1. The van der Waals surface area contributed by atoms with Gasteiger partial charge in [0.15, 0.2) is 5.06 Å². The van der Waals surface area contributed by atoms with Crippen LogP contribution >= 0.6 is 23.1 Å². The van der Waals surface area contributed by atoms with Gasteiger partial charge in [-0.05, 0) is 19.1 Å². The van der Waals surface area contributed by atoms with Crippen molar-refractivity contribution in [2.75, 3.05) is 7.11 Å². The number of carbonyl (C=O) groups is 1. The molecular weight excluding hydrogens is 208 g/mol. The van der Waals surface area contributed by atoms with E-state index in [1.54, 1.807) is 14.0 Å². The van der Waals surface area contributed by atoms with E-state index >= 15 is 0 Å². The van der Waals surface area contributed by atoms with Gasteiger partial charge in [-0.2, -0.15) is 0 Å². The molecule has 0 aliphatic carbocycles. The van der Waals surface area contributed by atoms with Crippen molar-refractivity contribution in [1.29, 1.82) is 0 Å². The lowest BCUT2D eigenvalue weighted by molar-refractivity contribution is -0.136. The molecule has 0 radical (unpaired) electrons. The molecule has 5 heteroatoms. The first-order valence-corrected chi connectivity index (χ1v) is 5.36. The Morgan fingerprint density at radius 2 is 2.38 bits per heavy atom. The van der Waals surface area contributed by atoms with E-state index < -0.39 is 11.2 Å². The summed E-state index contributed by atoms with van der Waals surface area (Å²) in [6.45, 7) is 1.67. The van der Waals surface area contributed by atoms with Gasteiger partial charge in [0, 0.05) is 0 Å². The van der Waals surface area contributed by atoms with Gasteiger partial charge in [-0.3, -0.25) is 4.79 Å². The maximum atomic E-state index is 10.5. The molecule has 13 heavy (non-hydrogen) atoms. The molecular formula is C8H10O3S2. The number of thiophene rings is 1. The van der Waals surface area contributed by atoms with Crippen LogP contribution in [0.25, 0.3) is 0 Å². The fraction of sp³-hybridized carbons (Fsp3) is 0.375. The van der Waals surface area contributed by atoms with Crippen LogP contribution in [0.15, 0.2) is 16.3 Å². The summed E-state index contributed by atoms with van der Waals surface area (Å²) in [4.78, 5) is 10.5. The number of hydrogen-bond donors (Lipinski definition) is 1. The average Bonchev–Trinajstić information content (AvgIpc) is 2.52. The zero-order valence-electron chi connectivity index (χ0n) is 7.31. The second-order valence-corrected chi connectivity index (χ2v) is 5.06. The van der Waals surface area contributed by atoms with Crippen LogP contribution in [0.4, 0.5) is 0 Å². The highest BCUT2D eigenvalue weighted by Crippen LogP contribution is 2.34. The van der Waals surface area contributed by atoms with Crippen LogP contribution in [0, 0.1) is 0 Å². The molecule has 1 aromatic heterocycles. The van der Waals surface area contributed by atoms with Crippen LogP contribution in [0.1, 0.15) is 6.92 Å². The summed E-state index contributed by atoms with van der Waals surface area (Å²) in [7, 11) is 1.60. The number of aliphatic carboxylic acids is 1. The lowest BCUT2D eigenvalue weighted by Crippen LogP contribution is -2.10. The normalized spacial score (nSPS) is 12.5. The van der Waals surface area contributed by atoms with Crippen LogP contribution in [-0.4, -0.2) is 23.4 Å². The lowest BCUT2D eigenvalue weighted by Gasteiger charge is -2.01. The molecule has 1 N–H and O–H groups in total. The van der Waals surface area contributed by atoms with Gasteiger partial charge in [0.25, 0.3) is 0 Å². The summed E-state index contributed by atoms with van der Waals surface area (Å²) in [5.74, 6) is -0.794. The third-order valence-corrected chi connectivity index (χ3v) is 3.70. The largest absolute Gasteiger partial charge is 0.487 e. The summed E-state index contributed by atoms with van der Waals surface area (Å²) in [5.41, 5.74) is 0. The smallest absolute Gasteiger partial charge is 0.316 e. The average molecular weight is 218 g/mol. The van der Waals surface area contributed by atoms with E-state index in [1.165, 1.54) is 23.1 Å². The zero-order chi connectivity index (χ0) is 9.84. The van der Waals surface area contributed by atoms with Crippen LogP contribution in [0.2, 0.25) is 0 Å². The second-order valence-electron chi connectivity index (χ2n) is 2.38. The predicted octanol–water partition coefficient (Wildman–Crippen LogP) is 2.32. The molecule has 0 amide bonds. The highest BCUT2D eigenvalue weighted by Gasteiger charge is 2.13. The van der Waals surface area contributed by atoms with E-state index in [2.05, 4.69) is 0 Å². The molecule has 72 valence electrons. The third-order valence-electron chi connectivity index (χ3n) is 1.40. The molecule has 0 saturated heterocycles. The van der Waals surface area contributed by atoms with E-state index in [-0.39, 0.29) is 0 Å². The molecule has 0 spiro atoms. The van der Waals surface area contributed by atoms with Gasteiger partial charge in [-0.1, -0.05) is 11.3 Å². The number of hydrogen-bond acceptors (Lipinski definition) is 4. The molecule has 1 unspecified atom stereocenters. The highest BCUT2D eigenvalue weighted by atomic mass is 32.2. The molecule has 0 saturated carbocycles. The predicted molar refractivity (Wildman–Crippen MR) is 53.8 cm³/mol. The van der Waals surface area contributed by atoms with Crippen LogP contribution < -0.4 is 4.74 Å². The molecule has 3 nitrogen and oxygen atoms in total. The van der Waals surface area contributed by atoms with Crippen molar-refractivity contribution in [2.24, 2.45) is 0 Å². The number of methoxy groups -OCH3 is 1. The molecule has 1 heterocycles. The van der Waals surface area contributed by atoms with Gasteiger partial charge in [0.1, 0.15) is 5.25 Å². The fourth-order valence-electron chi connectivity index (χ4n) is 0.701. The van der Waals surface area contributed by atoms with Gasteiger partial charge < -0.3 is 9.84 Å². The number of rotatable bonds is 4. The molecule has 1 rings (SSSR count). The van der Waals surface area contributed by atoms with Gasteiger partial charge in [0.05, 0.1) is 11.3 Å². The minimum atomic E-state index is -0.794. The Kier molecular flexibility index (Phi) is 3.62. The van der Waals surface area contributed by atoms with Crippen molar-refractivity contribution in [2.45, 2.75) is 16.4 Å². The minimum absolute atomic E-state index is 0.414. The molecule has 0 aliphatic heterocycles. The second kappa shape index (κ2) is 4.53. The first-order valence-electron chi connectivity index (χ1n) is 3.66. The highest BCUT2D eigenvalue weighted by molar-refractivity contribution is 8.02. The van der Waals surface area contributed by atoms with E-state index in [0.717, 1.165) is 9.27 Å². The molecule has 1 aromatic rings. The van der Waals surface area contributed by atoms with Gasteiger partial charge in [0.2, 0.25) is 0 Å². The van der Waals surface area contributed by atoms with E-state index in [9.17, 15) is 4.79 Å². The van der Waals surface area contributed by atoms with Gasteiger partial charge >= 0.3 is 5.97 Å². The first kappa shape index (κ1) is 10.4. The van der Waals surface area contributed by atoms with Crippen LogP contribution in [-0.2, 0) is 4.79 Å². The summed E-state index contributed by atoms with van der Waals surface area (Å²) in [6, 6.07) is 3.70. The molecule has 0 fully saturated rings. The first-order chi connectivity index (χ1) is 6.13. The maximum Gasteiger partial charge on any atom is 0.316 e. The van der Waals surface area contributed by atoms with Gasteiger partial charge in [-0.25, -0.2) is 0 Å². The topological polar surface area (TPSA) is 46.5 Å². The van der Waals surface area contributed by atoms with Crippen molar-refractivity contribution in [3.05, 3.63) is 12.1 Å². The summed E-state index contributed by atoms with van der Waals surface area (Å²) < 4.78 is 5.96. The van der Waals surface area contributed by atoms with Crippen LogP contribution in [0.5, 0.6) is 5.06 Å². The monoisotopic (exact) mass is 218 g/mol. The van der Waals surface area contributed by atoms with Crippen LogP contribution in [0.3, 0.4) is 0 Å². The fourth-order valence-corrected chi connectivity index (χ4v) is 2.72. The van der Waals surface area contributed by atoms with E-state index in [4.69, 9.17) is 9.84 Å². The minimum Gasteiger partial charge on any atom is -0.487 e. The van der Waals surface area contributed by atoms with E-state index in [1.807, 2.05) is 12.1 Å². The molecule has 1 atom stereocenters. The maximum absolute atomic E-state index is 10.5. The standard InChI is InChI=1S/C8H10O3S2/c1-5(8(9)10)12-7-4-3-6(11-2)13-7/h3-5H,1-2H3,(H,9,10). The Balaban J connectivity index is 2.58. The van der Waals surface area contributed by atoms with Gasteiger partial charge in [-0.15, -0.1) is 11.8 Å². The van der Waals surface area contributed by atoms with Crippen molar-refractivity contribution in [3.8, 4) is 5.06 Å². The Bertz CT molecular complexity index is 295. The summed E-state index contributed by atoms with van der Waals surface area (Å²) in [5, 5.41) is 9.05. The lowest BCUT2D eigenvalue weighted by atomic mass is 10.5. The Morgan fingerprint density at radius 3 is 2.85 bits per heavy atom. The number of thioether (sulfide) groups is 1. The summed E-state index contributed by atoms with van der Waals surface area (Å²) >= 11 is 2.78. The quantitative estimate of drug-likeness (QED) is 0.788. The summed E-state index contributed by atoms with van der Waals surface area (Å²) in [6.07, 6.45) is 0. The Hall–Kier alpha value is -0.680. The molecule has 0 bridgehead atoms. The van der Waals surface area contributed by atoms with Crippen molar-refractivity contribution in [1.82, 2.24) is 0 Å².